The highest BCUT2D eigenvalue weighted by Crippen LogP contribution is 2.31. The highest BCUT2D eigenvalue weighted by Gasteiger charge is 2.25. The average Bonchev–Trinajstić information content (AvgIpc) is 1.94. The van der Waals surface area contributed by atoms with E-state index in [2.05, 4.69) is 0 Å². The number of rotatable bonds is 6. The van der Waals surface area contributed by atoms with E-state index in [1.807, 2.05) is 6.92 Å². The average molecular weight is 241 g/mol. The van der Waals surface area contributed by atoms with Gasteiger partial charge in [0.1, 0.15) is 0 Å². The molecule has 1 aliphatic carbocycles. The molecule has 1 unspecified atom stereocenters. The highest BCUT2D eigenvalue weighted by atomic mass is 35.7. The normalized spacial score (nSPS) is 20.4. The van der Waals surface area contributed by atoms with Crippen molar-refractivity contribution in [2.45, 2.75) is 38.7 Å². The molecule has 1 rings (SSSR count). The molecule has 1 saturated carbocycles. The molecule has 0 bridgehead atoms. The molecular weight excluding hydrogens is 224 g/mol. The molecule has 0 heterocycles. The first kappa shape index (κ1) is 12.3. The molecular formula is C9H17ClO3S. The van der Waals surface area contributed by atoms with Gasteiger partial charge in [-0.2, -0.15) is 0 Å². The lowest BCUT2D eigenvalue weighted by atomic mass is 9.81. The van der Waals surface area contributed by atoms with Crippen LogP contribution in [0.5, 0.6) is 0 Å². The maximum atomic E-state index is 10.9. The Balaban J connectivity index is 2.37. The van der Waals surface area contributed by atoms with Crippen LogP contribution in [0.3, 0.4) is 0 Å². The van der Waals surface area contributed by atoms with Gasteiger partial charge in [-0.3, -0.25) is 0 Å². The van der Waals surface area contributed by atoms with Crippen LogP contribution in [0.2, 0.25) is 0 Å². The topological polar surface area (TPSA) is 43.4 Å². The summed E-state index contributed by atoms with van der Waals surface area (Å²) in [6.07, 6.45) is 4.28. The van der Waals surface area contributed by atoms with Crippen molar-refractivity contribution >= 4 is 19.7 Å². The summed E-state index contributed by atoms with van der Waals surface area (Å²) in [4.78, 5) is 0. The Hall–Kier alpha value is 0.200. The van der Waals surface area contributed by atoms with Crippen molar-refractivity contribution in [1.82, 2.24) is 0 Å². The summed E-state index contributed by atoms with van der Waals surface area (Å²) in [5.74, 6) is 0.587. The minimum absolute atomic E-state index is 0.0567. The van der Waals surface area contributed by atoms with Gasteiger partial charge in [-0.1, -0.05) is 19.3 Å². The van der Waals surface area contributed by atoms with E-state index >= 15 is 0 Å². The zero-order chi connectivity index (χ0) is 10.6. The van der Waals surface area contributed by atoms with Crippen molar-refractivity contribution in [3.63, 3.8) is 0 Å². The van der Waals surface area contributed by atoms with Crippen LogP contribution in [0.15, 0.2) is 0 Å². The lowest BCUT2D eigenvalue weighted by Crippen LogP contribution is -2.27. The zero-order valence-electron chi connectivity index (χ0n) is 8.41. The van der Waals surface area contributed by atoms with Crippen molar-refractivity contribution in [1.29, 1.82) is 0 Å². The van der Waals surface area contributed by atoms with Crippen LogP contribution >= 0.6 is 10.7 Å². The van der Waals surface area contributed by atoms with Gasteiger partial charge >= 0.3 is 0 Å². The first-order valence-electron chi connectivity index (χ1n) is 5.05. The summed E-state index contributed by atoms with van der Waals surface area (Å²) in [7, 11) is 1.77. The standard InChI is InChI=1S/C9H17ClO3S/c1-2-13-9(7-14(10,11)12)6-8-4-3-5-8/h8-9H,2-7H2,1H3. The predicted octanol–water partition coefficient (Wildman–Crippen LogP) is 2.15. The Morgan fingerprint density at radius 2 is 2.14 bits per heavy atom. The Kier molecular flexibility index (Phi) is 4.67. The molecule has 0 saturated heterocycles. The van der Waals surface area contributed by atoms with E-state index in [0.29, 0.717) is 12.5 Å². The summed E-state index contributed by atoms with van der Waals surface area (Å²) in [6, 6.07) is 0. The Labute approximate surface area is 90.2 Å². The molecule has 1 fully saturated rings. The molecule has 0 aliphatic heterocycles. The summed E-state index contributed by atoms with van der Waals surface area (Å²) in [5.41, 5.74) is 0. The van der Waals surface area contributed by atoms with E-state index in [0.717, 1.165) is 6.42 Å². The maximum Gasteiger partial charge on any atom is 0.235 e. The maximum absolute atomic E-state index is 10.9. The summed E-state index contributed by atoms with van der Waals surface area (Å²) in [6.45, 7) is 2.42. The van der Waals surface area contributed by atoms with Crippen molar-refractivity contribution < 1.29 is 13.2 Å². The van der Waals surface area contributed by atoms with E-state index in [4.69, 9.17) is 15.4 Å². The molecule has 3 nitrogen and oxygen atoms in total. The zero-order valence-corrected chi connectivity index (χ0v) is 9.98. The van der Waals surface area contributed by atoms with E-state index in [1.54, 1.807) is 0 Å². The molecule has 1 atom stereocenters. The summed E-state index contributed by atoms with van der Waals surface area (Å²) in [5, 5.41) is 0. The number of hydrogen-bond donors (Lipinski definition) is 0. The predicted molar refractivity (Wildman–Crippen MR) is 57.0 cm³/mol. The fraction of sp³-hybridized carbons (Fsp3) is 1.00. The molecule has 84 valence electrons. The van der Waals surface area contributed by atoms with Crippen molar-refractivity contribution in [2.24, 2.45) is 5.92 Å². The van der Waals surface area contributed by atoms with Crippen molar-refractivity contribution in [3.05, 3.63) is 0 Å². The van der Waals surface area contributed by atoms with Gasteiger partial charge in [-0.15, -0.1) is 0 Å². The van der Waals surface area contributed by atoms with Gasteiger partial charge in [0.2, 0.25) is 9.05 Å². The van der Waals surface area contributed by atoms with Crippen LogP contribution < -0.4 is 0 Å². The molecule has 1 aliphatic rings. The third kappa shape index (κ3) is 4.62. The van der Waals surface area contributed by atoms with Gasteiger partial charge in [-0.25, -0.2) is 8.42 Å². The molecule has 0 radical (unpaired) electrons. The third-order valence-corrected chi connectivity index (χ3v) is 3.76. The van der Waals surface area contributed by atoms with Crippen LogP contribution in [0.4, 0.5) is 0 Å². The molecule has 0 spiro atoms. The number of hydrogen-bond acceptors (Lipinski definition) is 3. The second-order valence-corrected chi connectivity index (χ2v) is 6.64. The number of ether oxygens (including phenoxy) is 1. The highest BCUT2D eigenvalue weighted by molar-refractivity contribution is 8.13. The first-order valence-corrected chi connectivity index (χ1v) is 7.53. The molecule has 0 N–H and O–H groups in total. The Bertz CT molecular complexity index is 259. The van der Waals surface area contributed by atoms with Crippen LogP contribution in [0.25, 0.3) is 0 Å². The van der Waals surface area contributed by atoms with Crippen LogP contribution in [0, 0.1) is 5.92 Å². The molecule has 5 heteroatoms. The van der Waals surface area contributed by atoms with Crippen LogP contribution in [-0.2, 0) is 13.8 Å². The fourth-order valence-corrected chi connectivity index (χ4v) is 2.84. The molecule has 0 aromatic rings. The summed E-state index contributed by atoms with van der Waals surface area (Å²) < 4.78 is 27.1. The van der Waals surface area contributed by atoms with E-state index in [9.17, 15) is 8.42 Å². The second kappa shape index (κ2) is 5.33. The van der Waals surface area contributed by atoms with Gasteiger partial charge in [0, 0.05) is 17.3 Å². The quantitative estimate of drug-likeness (QED) is 0.669. The van der Waals surface area contributed by atoms with Gasteiger partial charge in [0.25, 0.3) is 0 Å². The van der Waals surface area contributed by atoms with E-state index in [-0.39, 0.29) is 11.9 Å². The molecule has 0 aromatic carbocycles. The van der Waals surface area contributed by atoms with Crippen molar-refractivity contribution in [2.75, 3.05) is 12.4 Å². The lowest BCUT2D eigenvalue weighted by Gasteiger charge is -2.28. The van der Waals surface area contributed by atoms with Gasteiger partial charge < -0.3 is 4.74 Å². The molecule has 0 aromatic heterocycles. The van der Waals surface area contributed by atoms with Crippen molar-refractivity contribution in [3.8, 4) is 0 Å². The smallest absolute Gasteiger partial charge is 0.235 e. The van der Waals surface area contributed by atoms with E-state index in [1.165, 1.54) is 19.3 Å². The molecule has 14 heavy (non-hydrogen) atoms. The Morgan fingerprint density at radius 1 is 1.50 bits per heavy atom. The van der Waals surface area contributed by atoms with Crippen LogP contribution in [0.1, 0.15) is 32.6 Å². The van der Waals surface area contributed by atoms with Gasteiger partial charge in [0.05, 0.1) is 11.9 Å². The largest absolute Gasteiger partial charge is 0.377 e. The number of halogens is 1. The Morgan fingerprint density at radius 3 is 2.50 bits per heavy atom. The third-order valence-electron chi connectivity index (χ3n) is 2.61. The van der Waals surface area contributed by atoms with E-state index < -0.39 is 9.05 Å². The lowest BCUT2D eigenvalue weighted by molar-refractivity contribution is 0.0491. The second-order valence-electron chi connectivity index (χ2n) is 3.82. The first-order chi connectivity index (χ1) is 6.51. The van der Waals surface area contributed by atoms with Gasteiger partial charge in [0.15, 0.2) is 0 Å². The summed E-state index contributed by atoms with van der Waals surface area (Å²) >= 11 is 0. The van der Waals surface area contributed by atoms with Crippen LogP contribution in [-0.4, -0.2) is 26.9 Å². The monoisotopic (exact) mass is 240 g/mol. The molecule has 0 amide bonds. The van der Waals surface area contributed by atoms with Gasteiger partial charge in [-0.05, 0) is 19.3 Å². The minimum atomic E-state index is -3.43. The SMILES string of the molecule is CCOC(CC1CCC1)CS(=O)(=O)Cl. The minimum Gasteiger partial charge on any atom is -0.377 e. The fourth-order valence-electron chi connectivity index (χ4n) is 1.74.